The van der Waals surface area contributed by atoms with E-state index in [-0.39, 0.29) is 0 Å². The van der Waals surface area contributed by atoms with E-state index in [0.29, 0.717) is 23.3 Å². The number of ether oxygens (including phenoxy) is 1. The lowest BCUT2D eigenvalue weighted by molar-refractivity contribution is 0.0330. The zero-order valence-electron chi connectivity index (χ0n) is 17.8. The van der Waals surface area contributed by atoms with E-state index in [1.807, 2.05) is 43.3 Å². The van der Waals surface area contributed by atoms with Crippen molar-refractivity contribution >= 4 is 11.6 Å². The predicted molar refractivity (Wildman–Crippen MR) is 118 cm³/mol. The average molecular weight is 404 g/mol. The molecule has 0 radical (unpaired) electrons. The second kappa shape index (κ2) is 10.3. The number of hydrogen-bond donors (Lipinski definition) is 1. The number of benzene rings is 2. The van der Waals surface area contributed by atoms with Gasteiger partial charge in [-0.25, -0.2) is 0 Å². The number of rotatable bonds is 10. The van der Waals surface area contributed by atoms with Crippen molar-refractivity contribution < 1.29 is 9.84 Å². The van der Waals surface area contributed by atoms with Crippen LogP contribution in [0.2, 0.25) is 5.02 Å². The van der Waals surface area contributed by atoms with Crippen molar-refractivity contribution in [3.63, 3.8) is 0 Å². The highest BCUT2D eigenvalue weighted by Gasteiger charge is 2.24. The topological polar surface area (TPSA) is 32.7 Å². The quantitative estimate of drug-likeness (QED) is 0.502. The van der Waals surface area contributed by atoms with Crippen LogP contribution in [0.3, 0.4) is 0 Å². The minimum absolute atomic E-state index is 0.619. The Morgan fingerprint density at radius 1 is 0.893 bits per heavy atom. The number of nitrogens with zero attached hydrogens (tertiary/aromatic N) is 1. The first-order chi connectivity index (χ1) is 13.2. The third kappa shape index (κ3) is 7.46. The van der Waals surface area contributed by atoms with E-state index in [1.54, 1.807) is 12.1 Å². The minimum Gasteiger partial charge on any atom is -0.457 e. The molecule has 0 aliphatic rings. The fourth-order valence-corrected chi connectivity index (χ4v) is 3.46. The SMILES string of the molecule is CC(C)CN(CCC(C)(O)c1ccc(Oc2ccc(Cl)cc2)cc1)CC(C)C. The summed E-state index contributed by atoms with van der Waals surface area (Å²) in [5, 5.41) is 11.7. The third-order valence-electron chi connectivity index (χ3n) is 4.69. The van der Waals surface area contributed by atoms with Crippen molar-refractivity contribution in [1.29, 1.82) is 0 Å². The fraction of sp³-hybridized carbons (Fsp3) is 0.500. The van der Waals surface area contributed by atoms with Gasteiger partial charge in [-0.1, -0.05) is 51.4 Å². The molecular weight excluding hydrogens is 370 g/mol. The van der Waals surface area contributed by atoms with E-state index < -0.39 is 5.60 Å². The van der Waals surface area contributed by atoms with E-state index in [0.717, 1.165) is 36.7 Å². The highest BCUT2D eigenvalue weighted by atomic mass is 35.5. The molecule has 2 aromatic rings. The summed E-state index contributed by atoms with van der Waals surface area (Å²) < 4.78 is 5.84. The van der Waals surface area contributed by atoms with Crippen LogP contribution in [0, 0.1) is 11.8 Å². The van der Waals surface area contributed by atoms with Gasteiger partial charge in [-0.15, -0.1) is 0 Å². The Labute approximate surface area is 175 Å². The molecule has 0 heterocycles. The van der Waals surface area contributed by atoms with Crippen LogP contribution >= 0.6 is 11.6 Å². The summed E-state index contributed by atoms with van der Waals surface area (Å²) in [4.78, 5) is 2.46. The first-order valence-electron chi connectivity index (χ1n) is 10.1. The maximum Gasteiger partial charge on any atom is 0.127 e. The summed E-state index contributed by atoms with van der Waals surface area (Å²) in [5.74, 6) is 2.71. The summed E-state index contributed by atoms with van der Waals surface area (Å²) >= 11 is 5.91. The lowest BCUT2D eigenvalue weighted by Crippen LogP contribution is -2.36. The van der Waals surface area contributed by atoms with Crippen molar-refractivity contribution in [2.24, 2.45) is 11.8 Å². The number of aliphatic hydroxyl groups is 1. The molecule has 0 saturated heterocycles. The Balaban J connectivity index is 1.98. The van der Waals surface area contributed by atoms with E-state index in [4.69, 9.17) is 16.3 Å². The van der Waals surface area contributed by atoms with Crippen LogP contribution in [0.15, 0.2) is 48.5 Å². The zero-order valence-corrected chi connectivity index (χ0v) is 18.5. The lowest BCUT2D eigenvalue weighted by Gasteiger charge is -2.31. The molecule has 0 bridgehead atoms. The molecule has 0 amide bonds. The predicted octanol–water partition coefficient (Wildman–Crippen LogP) is 6.34. The number of halogens is 1. The smallest absolute Gasteiger partial charge is 0.127 e. The van der Waals surface area contributed by atoms with Gasteiger partial charge in [0.15, 0.2) is 0 Å². The number of hydrogen-bond acceptors (Lipinski definition) is 3. The molecule has 0 saturated carbocycles. The Hall–Kier alpha value is -1.55. The van der Waals surface area contributed by atoms with Crippen molar-refractivity contribution in [2.75, 3.05) is 19.6 Å². The Bertz CT molecular complexity index is 698. The van der Waals surface area contributed by atoms with Gasteiger partial charge in [0.05, 0.1) is 5.60 Å². The molecule has 2 aromatic carbocycles. The molecule has 2 rings (SSSR count). The molecule has 0 spiro atoms. The van der Waals surface area contributed by atoms with Gasteiger partial charge in [-0.2, -0.15) is 0 Å². The van der Waals surface area contributed by atoms with Gasteiger partial charge < -0.3 is 14.7 Å². The van der Waals surface area contributed by atoms with Crippen LogP contribution < -0.4 is 4.74 Å². The molecule has 1 atom stereocenters. The van der Waals surface area contributed by atoms with Crippen LogP contribution in [0.4, 0.5) is 0 Å². The van der Waals surface area contributed by atoms with Gasteiger partial charge in [0, 0.05) is 24.7 Å². The third-order valence-corrected chi connectivity index (χ3v) is 4.94. The summed E-state index contributed by atoms with van der Waals surface area (Å²) in [5.41, 5.74) is 0.0374. The second-order valence-corrected chi connectivity index (χ2v) is 9.09. The first-order valence-corrected chi connectivity index (χ1v) is 10.5. The molecule has 3 nitrogen and oxygen atoms in total. The standard InChI is InChI=1S/C24H34ClNO2/c1-18(2)16-26(17-19(3)4)15-14-24(5,27)20-6-10-22(11-7-20)28-23-12-8-21(25)9-13-23/h6-13,18-19,27H,14-17H2,1-5H3. The molecule has 0 aliphatic carbocycles. The monoisotopic (exact) mass is 403 g/mol. The van der Waals surface area contributed by atoms with E-state index in [1.165, 1.54) is 0 Å². The molecule has 154 valence electrons. The van der Waals surface area contributed by atoms with Gasteiger partial charge in [0.1, 0.15) is 11.5 Å². The molecule has 0 fully saturated rings. The van der Waals surface area contributed by atoms with Crippen LogP contribution in [-0.4, -0.2) is 29.6 Å². The summed E-state index contributed by atoms with van der Waals surface area (Å²) in [6, 6.07) is 15.0. The highest BCUT2D eigenvalue weighted by molar-refractivity contribution is 6.30. The van der Waals surface area contributed by atoms with Crippen LogP contribution in [-0.2, 0) is 5.60 Å². The van der Waals surface area contributed by atoms with Gasteiger partial charge in [-0.3, -0.25) is 0 Å². The van der Waals surface area contributed by atoms with E-state index >= 15 is 0 Å². The van der Waals surface area contributed by atoms with Gasteiger partial charge >= 0.3 is 0 Å². The molecule has 1 N–H and O–H groups in total. The maximum absolute atomic E-state index is 11.0. The summed E-state index contributed by atoms with van der Waals surface area (Å²) in [6.45, 7) is 13.9. The summed E-state index contributed by atoms with van der Waals surface area (Å²) in [7, 11) is 0. The van der Waals surface area contributed by atoms with Crippen molar-refractivity contribution in [3.05, 3.63) is 59.1 Å². The lowest BCUT2D eigenvalue weighted by atomic mass is 9.92. The zero-order chi connectivity index (χ0) is 20.7. The molecule has 1 unspecified atom stereocenters. The Kier molecular flexibility index (Phi) is 8.36. The van der Waals surface area contributed by atoms with E-state index in [2.05, 4.69) is 32.6 Å². The Morgan fingerprint density at radius 3 is 1.82 bits per heavy atom. The van der Waals surface area contributed by atoms with Crippen molar-refractivity contribution in [3.8, 4) is 11.5 Å². The molecular formula is C24H34ClNO2. The largest absolute Gasteiger partial charge is 0.457 e. The van der Waals surface area contributed by atoms with Crippen LogP contribution in [0.25, 0.3) is 0 Å². The molecule has 4 heteroatoms. The second-order valence-electron chi connectivity index (χ2n) is 8.65. The maximum atomic E-state index is 11.0. The molecule has 0 aliphatic heterocycles. The minimum atomic E-state index is -0.870. The van der Waals surface area contributed by atoms with Gasteiger partial charge in [0.2, 0.25) is 0 Å². The van der Waals surface area contributed by atoms with Crippen LogP contribution in [0.5, 0.6) is 11.5 Å². The van der Waals surface area contributed by atoms with Crippen LogP contribution in [0.1, 0.15) is 46.6 Å². The van der Waals surface area contributed by atoms with Gasteiger partial charge in [0.25, 0.3) is 0 Å². The highest BCUT2D eigenvalue weighted by Crippen LogP contribution is 2.29. The van der Waals surface area contributed by atoms with Gasteiger partial charge in [-0.05, 0) is 67.1 Å². The van der Waals surface area contributed by atoms with E-state index in [9.17, 15) is 5.11 Å². The average Bonchev–Trinajstić information content (AvgIpc) is 2.61. The molecule has 0 aromatic heterocycles. The fourth-order valence-electron chi connectivity index (χ4n) is 3.33. The van der Waals surface area contributed by atoms with Crippen molar-refractivity contribution in [1.82, 2.24) is 4.90 Å². The molecule has 28 heavy (non-hydrogen) atoms. The first kappa shape index (κ1) is 22.7. The normalized spacial score (nSPS) is 13.9. The Morgan fingerprint density at radius 2 is 1.36 bits per heavy atom. The van der Waals surface area contributed by atoms with Crippen molar-refractivity contribution in [2.45, 2.75) is 46.6 Å². The summed E-state index contributed by atoms with van der Waals surface area (Å²) in [6.07, 6.45) is 0.698.